The van der Waals surface area contributed by atoms with E-state index in [1.54, 1.807) is 6.92 Å². The van der Waals surface area contributed by atoms with Gasteiger partial charge in [-0.05, 0) is 13.3 Å². The highest BCUT2D eigenvalue weighted by Crippen LogP contribution is 1.94. The maximum Gasteiger partial charge on any atom is 0.236 e. The minimum Gasteiger partial charge on any atom is -0.353 e. The van der Waals surface area contributed by atoms with E-state index in [-0.39, 0.29) is 11.8 Å². The van der Waals surface area contributed by atoms with Gasteiger partial charge in [-0.3, -0.25) is 4.79 Å². The molecule has 1 unspecified atom stereocenters. The quantitative estimate of drug-likeness (QED) is 0.647. The first-order valence-electron chi connectivity index (χ1n) is 4.54. The lowest BCUT2D eigenvalue weighted by Crippen LogP contribution is -2.41. The summed E-state index contributed by atoms with van der Waals surface area (Å²) in [5.41, 5.74) is 5.56. The van der Waals surface area contributed by atoms with Crippen LogP contribution in [-0.2, 0) is 4.79 Å². The van der Waals surface area contributed by atoms with E-state index in [1.165, 1.54) is 0 Å². The molecule has 74 valence electrons. The number of carbonyl (C=O) groups excluding carboxylic acids is 1. The molecule has 0 bridgehead atoms. The van der Waals surface area contributed by atoms with Gasteiger partial charge >= 0.3 is 0 Å². The van der Waals surface area contributed by atoms with Crippen molar-refractivity contribution in [1.82, 2.24) is 5.32 Å². The van der Waals surface area contributed by atoms with E-state index in [0.717, 1.165) is 6.42 Å². The molecular formula is C9H17N3O. The zero-order valence-electron chi connectivity index (χ0n) is 8.21. The normalized spacial score (nSPS) is 14.3. The average molecular weight is 183 g/mol. The molecule has 0 aromatic heterocycles. The van der Waals surface area contributed by atoms with Crippen LogP contribution in [0.1, 0.15) is 26.7 Å². The zero-order valence-corrected chi connectivity index (χ0v) is 8.21. The van der Waals surface area contributed by atoms with Gasteiger partial charge in [0.15, 0.2) is 0 Å². The summed E-state index contributed by atoms with van der Waals surface area (Å²) in [6.45, 7) is 4.11. The highest BCUT2D eigenvalue weighted by molar-refractivity contribution is 5.81. The fourth-order valence-electron chi connectivity index (χ4n) is 0.873. The van der Waals surface area contributed by atoms with Gasteiger partial charge in [0.25, 0.3) is 0 Å². The number of carbonyl (C=O) groups is 1. The average Bonchev–Trinajstić information content (AvgIpc) is 2.13. The van der Waals surface area contributed by atoms with Crippen LogP contribution in [0.25, 0.3) is 0 Å². The molecule has 0 aliphatic heterocycles. The Hall–Kier alpha value is -1.08. The molecule has 4 heteroatoms. The second kappa shape index (κ2) is 6.44. The molecule has 0 aromatic rings. The minimum absolute atomic E-state index is 0.155. The van der Waals surface area contributed by atoms with Crippen molar-refractivity contribution < 1.29 is 4.79 Å². The SMILES string of the molecule is CCC[C@@H](N)C(=O)NCC(C)C#N. The fourth-order valence-corrected chi connectivity index (χ4v) is 0.873. The molecule has 0 fully saturated rings. The van der Waals surface area contributed by atoms with E-state index in [1.807, 2.05) is 13.0 Å². The van der Waals surface area contributed by atoms with E-state index in [0.29, 0.717) is 13.0 Å². The van der Waals surface area contributed by atoms with Crippen LogP contribution in [0.3, 0.4) is 0 Å². The maximum atomic E-state index is 11.2. The zero-order chi connectivity index (χ0) is 10.3. The van der Waals surface area contributed by atoms with Crippen LogP contribution in [0.15, 0.2) is 0 Å². The molecular weight excluding hydrogens is 166 g/mol. The van der Waals surface area contributed by atoms with Gasteiger partial charge in [-0.25, -0.2) is 0 Å². The predicted octanol–water partition coefficient (Wildman–Crippen LogP) is 0.390. The number of hydrogen-bond acceptors (Lipinski definition) is 3. The van der Waals surface area contributed by atoms with Crippen LogP contribution < -0.4 is 11.1 Å². The van der Waals surface area contributed by atoms with Gasteiger partial charge in [-0.15, -0.1) is 0 Å². The fraction of sp³-hybridized carbons (Fsp3) is 0.778. The summed E-state index contributed by atoms with van der Waals surface area (Å²) >= 11 is 0. The monoisotopic (exact) mass is 183 g/mol. The number of hydrogen-bond donors (Lipinski definition) is 2. The highest BCUT2D eigenvalue weighted by atomic mass is 16.2. The summed E-state index contributed by atoms with van der Waals surface area (Å²) < 4.78 is 0. The molecule has 0 heterocycles. The Balaban J connectivity index is 3.69. The number of nitrogens with zero attached hydrogens (tertiary/aromatic N) is 1. The van der Waals surface area contributed by atoms with Crippen LogP contribution in [0, 0.1) is 17.2 Å². The van der Waals surface area contributed by atoms with Gasteiger partial charge in [0.05, 0.1) is 18.0 Å². The second-order valence-electron chi connectivity index (χ2n) is 3.17. The third-order valence-corrected chi connectivity index (χ3v) is 1.74. The van der Waals surface area contributed by atoms with Crippen molar-refractivity contribution in [1.29, 1.82) is 5.26 Å². The first kappa shape index (κ1) is 11.9. The third-order valence-electron chi connectivity index (χ3n) is 1.74. The van der Waals surface area contributed by atoms with E-state index in [4.69, 9.17) is 11.0 Å². The molecule has 0 aliphatic carbocycles. The Bertz CT molecular complexity index is 198. The Morgan fingerprint density at radius 3 is 2.77 bits per heavy atom. The molecule has 0 saturated carbocycles. The van der Waals surface area contributed by atoms with Crippen LogP contribution >= 0.6 is 0 Å². The second-order valence-corrected chi connectivity index (χ2v) is 3.17. The molecule has 0 spiro atoms. The summed E-state index contributed by atoms with van der Waals surface area (Å²) in [7, 11) is 0. The molecule has 4 nitrogen and oxygen atoms in total. The number of nitrogens with one attached hydrogen (secondary N) is 1. The Morgan fingerprint density at radius 2 is 2.31 bits per heavy atom. The van der Waals surface area contributed by atoms with E-state index in [2.05, 4.69) is 5.32 Å². The van der Waals surface area contributed by atoms with Crippen molar-refractivity contribution in [3.63, 3.8) is 0 Å². The first-order chi connectivity index (χ1) is 6.11. The standard InChI is InChI=1S/C9H17N3O/c1-3-4-8(11)9(13)12-6-7(2)5-10/h7-8H,3-4,6,11H2,1-2H3,(H,12,13)/t7?,8-/m1/s1. The smallest absolute Gasteiger partial charge is 0.236 e. The lowest BCUT2D eigenvalue weighted by Gasteiger charge is -2.11. The van der Waals surface area contributed by atoms with Crippen molar-refractivity contribution in [2.45, 2.75) is 32.7 Å². The van der Waals surface area contributed by atoms with E-state index in [9.17, 15) is 4.79 Å². The van der Waals surface area contributed by atoms with Gasteiger partial charge in [0.2, 0.25) is 5.91 Å². The molecule has 0 saturated heterocycles. The van der Waals surface area contributed by atoms with Crippen LogP contribution in [0.4, 0.5) is 0 Å². The van der Waals surface area contributed by atoms with Crippen LogP contribution in [0.5, 0.6) is 0 Å². The lowest BCUT2D eigenvalue weighted by molar-refractivity contribution is -0.122. The Kier molecular flexibility index (Phi) is 5.90. The molecule has 2 atom stereocenters. The van der Waals surface area contributed by atoms with Gasteiger partial charge in [0, 0.05) is 6.54 Å². The topological polar surface area (TPSA) is 78.9 Å². The number of rotatable bonds is 5. The van der Waals surface area contributed by atoms with Crippen molar-refractivity contribution >= 4 is 5.91 Å². The molecule has 0 rings (SSSR count). The summed E-state index contributed by atoms with van der Waals surface area (Å²) in [6, 6.07) is 1.60. The van der Waals surface area contributed by atoms with Crippen molar-refractivity contribution in [2.24, 2.45) is 11.7 Å². The van der Waals surface area contributed by atoms with Gasteiger partial charge in [0.1, 0.15) is 0 Å². The molecule has 0 radical (unpaired) electrons. The van der Waals surface area contributed by atoms with E-state index >= 15 is 0 Å². The summed E-state index contributed by atoms with van der Waals surface area (Å²) in [4.78, 5) is 11.2. The van der Waals surface area contributed by atoms with Crippen molar-refractivity contribution in [2.75, 3.05) is 6.54 Å². The summed E-state index contributed by atoms with van der Waals surface area (Å²) in [5.74, 6) is -0.318. The number of nitriles is 1. The Labute approximate surface area is 79.1 Å². The first-order valence-corrected chi connectivity index (χ1v) is 4.54. The summed E-state index contributed by atoms with van der Waals surface area (Å²) in [5, 5.41) is 11.1. The highest BCUT2D eigenvalue weighted by Gasteiger charge is 2.12. The largest absolute Gasteiger partial charge is 0.353 e. The van der Waals surface area contributed by atoms with E-state index < -0.39 is 6.04 Å². The van der Waals surface area contributed by atoms with Gasteiger partial charge in [-0.1, -0.05) is 13.3 Å². The number of amides is 1. The molecule has 0 aromatic carbocycles. The Morgan fingerprint density at radius 1 is 1.69 bits per heavy atom. The third kappa shape index (κ3) is 5.21. The van der Waals surface area contributed by atoms with Crippen LogP contribution in [0.2, 0.25) is 0 Å². The minimum atomic E-state index is -0.434. The van der Waals surface area contributed by atoms with Crippen molar-refractivity contribution in [3.05, 3.63) is 0 Å². The number of nitrogens with two attached hydrogens (primary N) is 1. The molecule has 1 amide bonds. The van der Waals surface area contributed by atoms with Gasteiger partial charge in [-0.2, -0.15) is 5.26 Å². The van der Waals surface area contributed by atoms with Gasteiger partial charge < -0.3 is 11.1 Å². The summed E-state index contributed by atoms with van der Waals surface area (Å²) in [6.07, 6.45) is 1.58. The molecule has 3 N–H and O–H groups in total. The maximum absolute atomic E-state index is 11.2. The van der Waals surface area contributed by atoms with Crippen LogP contribution in [-0.4, -0.2) is 18.5 Å². The molecule has 13 heavy (non-hydrogen) atoms. The van der Waals surface area contributed by atoms with Crippen molar-refractivity contribution in [3.8, 4) is 6.07 Å². The molecule has 0 aliphatic rings. The predicted molar refractivity (Wildman–Crippen MR) is 50.7 cm³/mol. The lowest BCUT2D eigenvalue weighted by atomic mass is 10.1.